The van der Waals surface area contributed by atoms with Crippen LogP contribution in [0.25, 0.3) is 0 Å². The quantitative estimate of drug-likeness (QED) is 0.553. The van der Waals surface area contributed by atoms with Gasteiger partial charge in [0.05, 0.1) is 7.11 Å². The minimum absolute atomic E-state index is 0.169. The SMILES string of the molecule is C=CCNC(C(=O)OC)C1CC=CCC1. The molecule has 3 heteroatoms. The van der Waals surface area contributed by atoms with Gasteiger partial charge in [-0.25, -0.2) is 0 Å². The summed E-state index contributed by atoms with van der Waals surface area (Å²) in [6.07, 6.45) is 9.10. The van der Waals surface area contributed by atoms with Gasteiger partial charge in [-0.3, -0.25) is 4.79 Å². The zero-order valence-corrected chi connectivity index (χ0v) is 9.24. The Hall–Kier alpha value is -1.09. The molecule has 0 saturated heterocycles. The summed E-state index contributed by atoms with van der Waals surface area (Å²) < 4.78 is 4.80. The number of methoxy groups -OCH3 is 1. The van der Waals surface area contributed by atoms with Crippen molar-refractivity contribution in [2.24, 2.45) is 5.92 Å². The smallest absolute Gasteiger partial charge is 0.323 e. The molecule has 3 nitrogen and oxygen atoms in total. The number of allylic oxidation sites excluding steroid dienone is 2. The fourth-order valence-electron chi connectivity index (χ4n) is 1.90. The summed E-state index contributed by atoms with van der Waals surface area (Å²) >= 11 is 0. The lowest BCUT2D eigenvalue weighted by Crippen LogP contribution is -2.44. The van der Waals surface area contributed by atoms with Crippen LogP contribution in [0.4, 0.5) is 0 Å². The van der Waals surface area contributed by atoms with Crippen molar-refractivity contribution in [2.75, 3.05) is 13.7 Å². The Kier molecular flexibility index (Phi) is 5.12. The average molecular weight is 209 g/mol. The number of rotatable bonds is 5. The highest BCUT2D eigenvalue weighted by Crippen LogP contribution is 2.22. The normalized spacial score (nSPS) is 22.1. The second kappa shape index (κ2) is 6.40. The van der Waals surface area contributed by atoms with Crippen LogP contribution in [-0.2, 0) is 9.53 Å². The molecule has 0 heterocycles. The molecule has 1 N–H and O–H groups in total. The van der Waals surface area contributed by atoms with E-state index >= 15 is 0 Å². The average Bonchev–Trinajstić information content (AvgIpc) is 2.30. The second-order valence-electron chi connectivity index (χ2n) is 3.74. The Labute approximate surface area is 91.2 Å². The Morgan fingerprint density at radius 2 is 2.53 bits per heavy atom. The first-order valence-electron chi connectivity index (χ1n) is 5.36. The van der Waals surface area contributed by atoms with Gasteiger partial charge in [-0.1, -0.05) is 18.2 Å². The molecule has 1 aliphatic rings. The number of esters is 1. The van der Waals surface area contributed by atoms with Crippen molar-refractivity contribution in [1.82, 2.24) is 5.32 Å². The molecule has 0 amide bonds. The molecule has 0 saturated carbocycles. The largest absolute Gasteiger partial charge is 0.468 e. The van der Waals surface area contributed by atoms with E-state index in [9.17, 15) is 4.79 Å². The number of carbonyl (C=O) groups excluding carboxylic acids is 1. The van der Waals surface area contributed by atoms with Crippen LogP contribution in [0.3, 0.4) is 0 Å². The van der Waals surface area contributed by atoms with Crippen LogP contribution in [0.15, 0.2) is 24.8 Å². The maximum Gasteiger partial charge on any atom is 0.323 e. The molecule has 1 rings (SSSR count). The molecular weight excluding hydrogens is 190 g/mol. The van der Waals surface area contributed by atoms with Crippen LogP contribution in [0.2, 0.25) is 0 Å². The molecule has 0 radical (unpaired) electrons. The van der Waals surface area contributed by atoms with Crippen molar-refractivity contribution in [3.63, 3.8) is 0 Å². The van der Waals surface area contributed by atoms with E-state index in [1.807, 2.05) is 0 Å². The van der Waals surface area contributed by atoms with Gasteiger partial charge in [0.1, 0.15) is 6.04 Å². The zero-order chi connectivity index (χ0) is 11.1. The van der Waals surface area contributed by atoms with Crippen molar-refractivity contribution >= 4 is 5.97 Å². The van der Waals surface area contributed by atoms with Gasteiger partial charge in [0, 0.05) is 6.54 Å². The lowest BCUT2D eigenvalue weighted by Gasteiger charge is -2.26. The van der Waals surface area contributed by atoms with Crippen molar-refractivity contribution in [2.45, 2.75) is 25.3 Å². The molecule has 0 aliphatic heterocycles. The van der Waals surface area contributed by atoms with Crippen LogP contribution >= 0.6 is 0 Å². The highest BCUT2D eigenvalue weighted by Gasteiger charge is 2.28. The lowest BCUT2D eigenvalue weighted by molar-refractivity contribution is -0.144. The summed E-state index contributed by atoms with van der Waals surface area (Å²) in [6.45, 7) is 4.27. The van der Waals surface area contributed by atoms with Crippen molar-refractivity contribution in [3.05, 3.63) is 24.8 Å². The molecule has 2 unspecified atom stereocenters. The molecule has 0 aromatic rings. The van der Waals surface area contributed by atoms with Gasteiger partial charge in [-0.15, -0.1) is 6.58 Å². The Balaban J connectivity index is 2.57. The molecule has 0 fully saturated rings. The predicted octanol–water partition coefficient (Wildman–Crippen LogP) is 1.66. The summed E-state index contributed by atoms with van der Waals surface area (Å²) in [6, 6.07) is -0.196. The van der Waals surface area contributed by atoms with Gasteiger partial charge in [0.15, 0.2) is 0 Å². The van der Waals surface area contributed by atoms with E-state index in [2.05, 4.69) is 24.0 Å². The van der Waals surface area contributed by atoms with E-state index in [0.717, 1.165) is 19.3 Å². The maximum atomic E-state index is 11.6. The van der Waals surface area contributed by atoms with Crippen LogP contribution in [-0.4, -0.2) is 25.7 Å². The molecule has 2 atom stereocenters. The summed E-state index contributed by atoms with van der Waals surface area (Å²) in [5, 5.41) is 3.16. The summed E-state index contributed by atoms with van der Waals surface area (Å²) in [4.78, 5) is 11.6. The predicted molar refractivity (Wildman–Crippen MR) is 60.5 cm³/mol. The summed E-state index contributed by atoms with van der Waals surface area (Å²) in [5.41, 5.74) is 0. The third kappa shape index (κ3) is 3.51. The summed E-state index contributed by atoms with van der Waals surface area (Å²) in [5.74, 6) is 0.180. The van der Waals surface area contributed by atoms with Crippen LogP contribution < -0.4 is 5.32 Å². The molecule has 84 valence electrons. The van der Waals surface area contributed by atoms with Gasteiger partial charge in [-0.05, 0) is 25.2 Å². The van der Waals surface area contributed by atoms with E-state index in [0.29, 0.717) is 12.5 Å². The molecule has 0 bridgehead atoms. The van der Waals surface area contributed by atoms with E-state index < -0.39 is 0 Å². The zero-order valence-electron chi connectivity index (χ0n) is 9.24. The van der Waals surface area contributed by atoms with Crippen LogP contribution in [0, 0.1) is 5.92 Å². The monoisotopic (exact) mass is 209 g/mol. The van der Waals surface area contributed by atoms with Gasteiger partial charge in [-0.2, -0.15) is 0 Å². The van der Waals surface area contributed by atoms with Gasteiger partial charge >= 0.3 is 5.97 Å². The number of carbonyl (C=O) groups is 1. The minimum atomic E-state index is -0.196. The fraction of sp³-hybridized carbons (Fsp3) is 0.583. The molecule has 0 aromatic carbocycles. The standard InChI is InChI=1S/C12H19NO2/c1-3-9-13-11(12(14)15-2)10-7-5-4-6-8-10/h3-5,10-11,13H,1,6-9H2,2H3. The van der Waals surface area contributed by atoms with E-state index in [1.54, 1.807) is 6.08 Å². The van der Waals surface area contributed by atoms with Gasteiger partial charge in [0.2, 0.25) is 0 Å². The van der Waals surface area contributed by atoms with E-state index in [-0.39, 0.29) is 12.0 Å². The highest BCUT2D eigenvalue weighted by atomic mass is 16.5. The van der Waals surface area contributed by atoms with Crippen molar-refractivity contribution in [3.8, 4) is 0 Å². The Bertz CT molecular complexity index is 248. The molecule has 0 aromatic heterocycles. The molecule has 1 aliphatic carbocycles. The third-order valence-corrected chi connectivity index (χ3v) is 2.72. The minimum Gasteiger partial charge on any atom is -0.468 e. The molecule has 0 spiro atoms. The number of ether oxygens (including phenoxy) is 1. The number of hydrogen-bond donors (Lipinski definition) is 1. The maximum absolute atomic E-state index is 11.6. The molecule has 15 heavy (non-hydrogen) atoms. The van der Waals surface area contributed by atoms with E-state index in [1.165, 1.54) is 7.11 Å². The Morgan fingerprint density at radius 3 is 3.07 bits per heavy atom. The number of hydrogen-bond acceptors (Lipinski definition) is 3. The first kappa shape index (κ1) is 12.0. The highest BCUT2D eigenvalue weighted by molar-refractivity contribution is 5.76. The van der Waals surface area contributed by atoms with Crippen LogP contribution in [0.1, 0.15) is 19.3 Å². The number of nitrogens with one attached hydrogen (secondary N) is 1. The topological polar surface area (TPSA) is 38.3 Å². The van der Waals surface area contributed by atoms with Gasteiger partial charge in [0.25, 0.3) is 0 Å². The summed E-state index contributed by atoms with van der Waals surface area (Å²) in [7, 11) is 1.43. The fourth-order valence-corrected chi connectivity index (χ4v) is 1.90. The first-order chi connectivity index (χ1) is 7.29. The van der Waals surface area contributed by atoms with Crippen molar-refractivity contribution < 1.29 is 9.53 Å². The van der Waals surface area contributed by atoms with Crippen molar-refractivity contribution in [1.29, 1.82) is 0 Å². The molecular formula is C12H19NO2. The third-order valence-electron chi connectivity index (χ3n) is 2.72. The second-order valence-corrected chi connectivity index (χ2v) is 3.74. The van der Waals surface area contributed by atoms with E-state index in [4.69, 9.17) is 4.74 Å². The van der Waals surface area contributed by atoms with Crippen LogP contribution in [0.5, 0.6) is 0 Å². The van der Waals surface area contributed by atoms with Gasteiger partial charge < -0.3 is 10.1 Å². The Morgan fingerprint density at radius 1 is 1.73 bits per heavy atom. The first-order valence-corrected chi connectivity index (χ1v) is 5.36. The lowest BCUT2D eigenvalue weighted by atomic mass is 9.87.